The Morgan fingerprint density at radius 1 is 1.17 bits per heavy atom. The van der Waals surface area contributed by atoms with E-state index in [2.05, 4.69) is 0 Å². The molecule has 1 atom stereocenters. The first-order chi connectivity index (χ1) is 11.6. The molecule has 0 aliphatic rings. The van der Waals surface area contributed by atoms with Crippen LogP contribution in [-0.2, 0) is 0 Å². The van der Waals surface area contributed by atoms with Crippen LogP contribution < -0.4 is 10.2 Å². The maximum absolute atomic E-state index is 12.6. The van der Waals surface area contributed by atoms with Crippen molar-refractivity contribution in [3.63, 3.8) is 0 Å². The van der Waals surface area contributed by atoms with E-state index < -0.39 is 6.10 Å². The van der Waals surface area contributed by atoms with Gasteiger partial charge >= 0.3 is 0 Å². The molecule has 1 heterocycles. The summed E-state index contributed by atoms with van der Waals surface area (Å²) in [6, 6.07) is 11.3. The van der Waals surface area contributed by atoms with Crippen LogP contribution in [0.2, 0.25) is 0 Å². The minimum absolute atomic E-state index is 0.122. The lowest BCUT2D eigenvalue weighted by Gasteiger charge is -2.06. The topological polar surface area (TPSA) is 79.9 Å². The molecule has 0 spiro atoms. The zero-order valence-electron chi connectivity index (χ0n) is 13.0. The van der Waals surface area contributed by atoms with Crippen molar-refractivity contribution in [1.82, 2.24) is 0 Å². The zero-order chi connectivity index (χ0) is 17.1. The monoisotopic (exact) mass is 324 g/mol. The molecule has 1 unspecified atom stereocenters. The van der Waals surface area contributed by atoms with Crippen LogP contribution in [0.5, 0.6) is 11.5 Å². The van der Waals surface area contributed by atoms with Crippen LogP contribution in [0.3, 0.4) is 0 Å². The van der Waals surface area contributed by atoms with Gasteiger partial charge in [-0.2, -0.15) is 0 Å². The largest absolute Gasteiger partial charge is 0.508 e. The minimum atomic E-state index is -0.904. The van der Waals surface area contributed by atoms with E-state index >= 15 is 0 Å². The summed E-state index contributed by atoms with van der Waals surface area (Å²) in [6.45, 7) is 0. The van der Waals surface area contributed by atoms with Crippen LogP contribution >= 0.6 is 0 Å². The van der Waals surface area contributed by atoms with Crippen LogP contribution in [-0.4, -0.2) is 17.3 Å². The number of aliphatic hydroxyl groups excluding tert-OH is 1. The van der Waals surface area contributed by atoms with Gasteiger partial charge in [-0.1, -0.05) is 24.3 Å². The number of fused-ring (bicyclic) bond motifs is 1. The van der Waals surface area contributed by atoms with E-state index in [9.17, 15) is 15.0 Å². The molecular weight excluding hydrogens is 308 g/mol. The van der Waals surface area contributed by atoms with Crippen LogP contribution in [0.4, 0.5) is 0 Å². The third-order valence-electron chi connectivity index (χ3n) is 3.70. The van der Waals surface area contributed by atoms with Crippen LogP contribution in [0.25, 0.3) is 17.0 Å². The van der Waals surface area contributed by atoms with E-state index in [4.69, 9.17) is 9.15 Å². The predicted molar refractivity (Wildman–Crippen MR) is 91.1 cm³/mol. The van der Waals surface area contributed by atoms with Crippen LogP contribution in [0, 0.1) is 0 Å². The second-order valence-corrected chi connectivity index (χ2v) is 5.25. The number of benzene rings is 2. The van der Waals surface area contributed by atoms with E-state index in [1.807, 2.05) is 0 Å². The number of phenols is 1. The second kappa shape index (κ2) is 6.60. The number of hydrogen-bond donors (Lipinski definition) is 2. The number of aliphatic hydroxyl groups is 1. The van der Waals surface area contributed by atoms with Gasteiger partial charge in [0.25, 0.3) is 0 Å². The zero-order valence-corrected chi connectivity index (χ0v) is 13.0. The molecule has 1 aromatic heterocycles. The minimum Gasteiger partial charge on any atom is -0.508 e. The van der Waals surface area contributed by atoms with Gasteiger partial charge in [-0.15, -0.1) is 0 Å². The Labute approximate surface area is 138 Å². The fourth-order valence-corrected chi connectivity index (χ4v) is 2.42. The molecule has 0 amide bonds. The molecular formula is C19H16O5. The quantitative estimate of drug-likeness (QED) is 0.770. The molecule has 3 aromatic rings. The van der Waals surface area contributed by atoms with E-state index in [0.717, 1.165) is 0 Å². The first-order valence-corrected chi connectivity index (χ1v) is 7.34. The molecule has 2 N–H and O–H groups in total. The van der Waals surface area contributed by atoms with Crippen molar-refractivity contribution in [2.45, 2.75) is 6.10 Å². The smallest absolute Gasteiger partial charge is 0.203 e. The molecule has 0 aliphatic carbocycles. The van der Waals surface area contributed by atoms with Gasteiger partial charge in [0.1, 0.15) is 28.7 Å². The number of phenolic OH excluding ortho intramolecular Hbond substituents is 1. The summed E-state index contributed by atoms with van der Waals surface area (Å²) in [5.74, 6) is 0.563. The van der Waals surface area contributed by atoms with Crippen molar-refractivity contribution in [2.75, 3.05) is 7.11 Å². The average Bonchev–Trinajstić information content (AvgIpc) is 2.61. The van der Waals surface area contributed by atoms with Crippen molar-refractivity contribution in [1.29, 1.82) is 0 Å². The third-order valence-corrected chi connectivity index (χ3v) is 3.70. The molecule has 5 nitrogen and oxygen atoms in total. The highest BCUT2D eigenvalue weighted by Crippen LogP contribution is 2.23. The molecule has 3 rings (SSSR count). The summed E-state index contributed by atoms with van der Waals surface area (Å²) in [5, 5.41) is 19.8. The standard InChI is InChI=1S/C19H16O5/c1-23-16-3-2-4-17-18(16)19(22)13(11-24-17)7-10-15(21)12-5-8-14(20)9-6-12/h2-11,15,20-21H,1H3/b10-7+. The van der Waals surface area contributed by atoms with Crippen molar-refractivity contribution in [3.8, 4) is 11.5 Å². The highest BCUT2D eigenvalue weighted by atomic mass is 16.5. The molecule has 122 valence electrons. The highest BCUT2D eigenvalue weighted by Gasteiger charge is 2.10. The fourth-order valence-electron chi connectivity index (χ4n) is 2.42. The van der Waals surface area contributed by atoms with Crippen molar-refractivity contribution < 1.29 is 19.4 Å². The molecule has 0 saturated heterocycles. The molecule has 24 heavy (non-hydrogen) atoms. The van der Waals surface area contributed by atoms with E-state index in [0.29, 0.717) is 27.8 Å². The van der Waals surface area contributed by atoms with E-state index in [1.54, 1.807) is 30.3 Å². The van der Waals surface area contributed by atoms with Crippen LogP contribution in [0.15, 0.2) is 64.0 Å². The fraction of sp³-hybridized carbons (Fsp3) is 0.105. The lowest BCUT2D eigenvalue weighted by molar-refractivity contribution is 0.229. The van der Waals surface area contributed by atoms with Crippen LogP contribution in [0.1, 0.15) is 17.2 Å². The summed E-state index contributed by atoms with van der Waals surface area (Å²) in [6.07, 6.45) is 3.44. The van der Waals surface area contributed by atoms with Gasteiger partial charge in [0.15, 0.2) is 0 Å². The summed E-state index contributed by atoms with van der Waals surface area (Å²) in [5.41, 5.74) is 1.12. The summed E-state index contributed by atoms with van der Waals surface area (Å²) in [4.78, 5) is 12.6. The maximum Gasteiger partial charge on any atom is 0.203 e. The summed E-state index contributed by atoms with van der Waals surface area (Å²) in [7, 11) is 1.49. The van der Waals surface area contributed by atoms with E-state index in [-0.39, 0.29) is 11.2 Å². The number of hydrogen-bond acceptors (Lipinski definition) is 5. The van der Waals surface area contributed by atoms with Gasteiger partial charge < -0.3 is 19.4 Å². The third kappa shape index (κ3) is 3.02. The van der Waals surface area contributed by atoms with Crippen molar-refractivity contribution in [2.24, 2.45) is 0 Å². The molecule has 0 radical (unpaired) electrons. The Hall–Kier alpha value is -3.05. The van der Waals surface area contributed by atoms with Gasteiger partial charge in [-0.3, -0.25) is 4.79 Å². The van der Waals surface area contributed by atoms with Crippen molar-refractivity contribution >= 4 is 17.0 Å². The second-order valence-electron chi connectivity index (χ2n) is 5.25. The highest BCUT2D eigenvalue weighted by molar-refractivity contribution is 5.84. The number of ether oxygens (including phenoxy) is 1. The Morgan fingerprint density at radius 2 is 1.92 bits per heavy atom. The SMILES string of the molecule is COc1cccc2occ(/C=C/C(O)c3ccc(O)cc3)c(=O)c12. The normalized spacial score (nSPS) is 12.6. The molecule has 5 heteroatoms. The Morgan fingerprint density at radius 3 is 2.62 bits per heavy atom. The first-order valence-electron chi connectivity index (χ1n) is 7.34. The van der Waals surface area contributed by atoms with Gasteiger partial charge in [-0.25, -0.2) is 0 Å². The van der Waals surface area contributed by atoms with Gasteiger partial charge in [-0.05, 0) is 35.9 Å². The number of aromatic hydroxyl groups is 1. The Kier molecular flexibility index (Phi) is 4.35. The average molecular weight is 324 g/mol. The number of methoxy groups -OCH3 is 1. The molecule has 0 saturated carbocycles. The van der Waals surface area contributed by atoms with Gasteiger partial charge in [0, 0.05) is 0 Å². The first kappa shape index (κ1) is 15.8. The molecule has 2 aromatic carbocycles. The summed E-state index contributed by atoms with van der Waals surface area (Å²) >= 11 is 0. The lowest BCUT2D eigenvalue weighted by Crippen LogP contribution is -2.06. The Bertz CT molecular complexity index is 938. The van der Waals surface area contributed by atoms with E-state index in [1.165, 1.54) is 37.7 Å². The molecule has 0 aliphatic heterocycles. The Balaban J connectivity index is 1.96. The van der Waals surface area contributed by atoms with Gasteiger partial charge in [0.2, 0.25) is 5.43 Å². The summed E-state index contributed by atoms with van der Waals surface area (Å²) < 4.78 is 10.7. The van der Waals surface area contributed by atoms with Gasteiger partial charge in [0.05, 0.1) is 18.8 Å². The molecule has 0 bridgehead atoms. The lowest BCUT2D eigenvalue weighted by atomic mass is 10.1. The number of rotatable bonds is 4. The predicted octanol–water partition coefficient (Wildman–Crippen LogP) is 3.25. The molecule has 0 fully saturated rings. The van der Waals surface area contributed by atoms with Crippen molar-refractivity contribution in [3.05, 3.63) is 76.2 Å². The maximum atomic E-state index is 12.6.